The fraction of sp³-hybridized carbons (Fsp3) is 0.538. The molecule has 0 bridgehead atoms. The lowest BCUT2D eigenvalue weighted by atomic mass is 10.1. The van der Waals surface area contributed by atoms with Crippen LogP contribution in [0.15, 0.2) is 18.3 Å². The molecule has 17 heavy (non-hydrogen) atoms. The standard InChI is InChI=1S/C13H19NO3/c1-10(2)6-7-17-9-12-5-4-11(8-14-12)13(15)16-3/h4-5,8,10H,6-7,9H2,1-3H3. The lowest BCUT2D eigenvalue weighted by Crippen LogP contribution is -2.04. The summed E-state index contributed by atoms with van der Waals surface area (Å²) < 4.78 is 10.1. The van der Waals surface area contributed by atoms with Crippen LogP contribution in [0.25, 0.3) is 0 Å². The van der Waals surface area contributed by atoms with E-state index in [1.54, 1.807) is 12.1 Å². The molecule has 1 heterocycles. The number of carbonyl (C=O) groups excluding carboxylic acids is 1. The Labute approximate surface area is 102 Å². The van der Waals surface area contributed by atoms with Gasteiger partial charge in [0.05, 0.1) is 25.0 Å². The largest absolute Gasteiger partial charge is 0.465 e. The molecule has 0 atom stereocenters. The predicted octanol–water partition coefficient (Wildman–Crippen LogP) is 2.43. The van der Waals surface area contributed by atoms with Crippen molar-refractivity contribution in [3.63, 3.8) is 0 Å². The summed E-state index contributed by atoms with van der Waals surface area (Å²) in [5.74, 6) is 0.273. The molecule has 0 spiro atoms. The zero-order valence-electron chi connectivity index (χ0n) is 10.6. The van der Waals surface area contributed by atoms with Crippen LogP contribution in [0.5, 0.6) is 0 Å². The van der Waals surface area contributed by atoms with Gasteiger partial charge in [0.15, 0.2) is 0 Å². The number of aromatic nitrogens is 1. The maximum absolute atomic E-state index is 11.2. The first-order valence-electron chi connectivity index (χ1n) is 5.74. The van der Waals surface area contributed by atoms with E-state index in [2.05, 4.69) is 23.6 Å². The van der Waals surface area contributed by atoms with E-state index >= 15 is 0 Å². The van der Waals surface area contributed by atoms with Gasteiger partial charge in [-0.1, -0.05) is 13.8 Å². The summed E-state index contributed by atoms with van der Waals surface area (Å²) >= 11 is 0. The molecule has 0 aliphatic rings. The molecule has 4 nitrogen and oxygen atoms in total. The molecule has 94 valence electrons. The number of esters is 1. The third kappa shape index (κ3) is 4.95. The highest BCUT2D eigenvalue weighted by molar-refractivity contribution is 5.88. The quantitative estimate of drug-likeness (QED) is 0.563. The van der Waals surface area contributed by atoms with Gasteiger partial charge in [-0.05, 0) is 24.5 Å². The average molecular weight is 237 g/mol. The summed E-state index contributed by atoms with van der Waals surface area (Å²) in [7, 11) is 1.35. The molecule has 0 aliphatic heterocycles. The number of ether oxygens (including phenoxy) is 2. The van der Waals surface area contributed by atoms with Crippen LogP contribution in [0.2, 0.25) is 0 Å². The van der Waals surface area contributed by atoms with Crippen molar-refractivity contribution in [1.82, 2.24) is 4.98 Å². The highest BCUT2D eigenvalue weighted by Gasteiger charge is 2.05. The van der Waals surface area contributed by atoms with Gasteiger partial charge in [0.2, 0.25) is 0 Å². The van der Waals surface area contributed by atoms with E-state index in [-0.39, 0.29) is 5.97 Å². The van der Waals surface area contributed by atoms with Crippen molar-refractivity contribution in [1.29, 1.82) is 0 Å². The number of hydrogen-bond donors (Lipinski definition) is 0. The number of carbonyl (C=O) groups is 1. The molecule has 0 saturated carbocycles. The highest BCUT2D eigenvalue weighted by Crippen LogP contribution is 2.05. The number of rotatable bonds is 6. The minimum Gasteiger partial charge on any atom is -0.465 e. The normalized spacial score (nSPS) is 10.6. The van der Waals surface area contributed by atoms with E-state index in [4.69, 9.17) is 4.74 Å². The van der Waals surface area contributed by atoms with Crippen LogP contribution in [0.3, 0.4) is 0 Å². The molecule has 0 amide bonds. The van der Waals surface area contributed by atoms with Crippen LogP contribution in [-0.2, 0) is 16.1 Å². The Morgan fingerprint density at radius 3 is 2.71 bits per heavy atom. The Bertz CT molecular complexity index is 346. The molecule has 0 aromatic carbocycles. The van der Waals surface area contributed by atoms with Gasteiger partial charge in [0.25, 0.3) is 0 Å². The molecule has 4 heteroatoms. The molecule has 0 saturated heterocycles. The van der Waals surface area contributed by atoms with Crippen LogP contribution in [-0.4, -0.2) is 24.7 Å². The fourth-order valence-electron chi connectivity index (χ4n) is 1.24. The minimum atomic E-state index is -0.371. The van der Waals surface area contributed by atoms with Gasteiger partial charge in [0, 0.05) is 12.8 Å². The molecular weight excluding hydrogens is 218 g/mol. The summed E-state index contributed by atoms with van der Waals surface area (Å²) in [6.45, 7) is 5.53. The van der Waals surface area contributed by atoms with Gasteiger partial charge in [-0.15, -0.1) is 0 Å². The van der Waals surface area contributed by atoms with E-state index in [1.807, 2.05) is 0 Å². The van der Waals surface area contributed by atoms with Crippen molar-refractivity contribution in [2.45, 2.75) is 26.9 Å². The van der Waals surface area contributed by atoms with Gasteiger partial charge >= 0.3 is 5.97 Å². The van der Waals surface area contributed by atoms with E-state index in [9.17, 15) is 4.79 Å². The molecule has 0 fully saturated rings. The van der Waals surface area contributed by atoms with Gasteiger partial charge in [-0.2, -0.15) is 0 Å². The summed E-state index contributed by atoms with van der Waals surface area (Å²) in [4.78, 5) is 15.3. The summed E-state index contributed by atoms with van der Waals surface area (Å²) in [5.41, 5.74) is 1.28. The predicted molar refractivity (Wildman–Crippen MR) is 64.7 cm³/mol. The number of pyridine rings is 1. The Morgan fingerprint density at radius 1 is 1.41 bits per heavy atom. The van der Waals surface area contributed by atoms with Crippen LogP contribution < -0.4 is 0 Å². The van der Waals surface area contributed by atoms with Crippen molar-refractivity contribution in [3.8, 4) is 0 Å². The lowest BCUT2D eigenvalue weighted by molar-refractivity contribution is 0.0600. The second-order valence-electron chi connectivity index (χ2n) is 4.26. The molecular formula is C13H19NO3. The Hall–Kier alpha value is -1.42. The second kappa shape index (κ2) is 7.01. The van der Waals surface area contributed by atoms with E-state index in [1.165, 1.54) is 13.3 Å². The van der Waals surface area contributed by atoms with Crippen LogP contribution >= 0.6 is 0 Å². The van der Waals surface area contributed by atoms with Gasteiger partial charge in [0.1, 0.15) is 0 Å². The first-order chi connectivity index (χ1) is 8.13. The number of hydrogen-bond acceptors (Lipinski definition) is 4. The van der Waals surface area contributed by atoms with Crippen LogP contribution in [0.4, 0.5) is 0 Å². The number of nitrogens with zero attached hydrogens (tertiary/aromatic N) is 1. The molecule has 0 radical (unpaired) electrons. The third-order valence-corrected chi connectivity index (χ3v) is 2.34. The minimum absolute atomic E-state index is 0.371. The van der Waals surface area contributed by atoms with Gasteiger partial charge < -0.3 is 9.47 Å². The maximum atomic E-state index is 11.2. The fourth-order valence-corrected chi connectivity index (χ4v) is 1.24. The molecule has 1 aromatic heterocycles. The molecule has 1 aromatic rings. The average Bonchev–Trinajstić information content (AvgIpc) is 2.34. The number of methoxy groups -OCH3 is 1. The van der Waals surface area contributed by atoms with Crippen molar-refractivity contribution in [2.75, 3.05) is 13.7 Å². The highest BCUT2D eigenvalue weighted by atomic mass is 16.5. The SMILES string of the molecule is COC(=O)c1ccc(COCCC(C)C)nc1. The Morgan fingerprint density at radius 2 is 2.18 bits per heavy atom. The van der Waals surface area contributed by atoms with E-state index in [0.29, 0.717) is 18.1 Å². The maximum Gasteiger partial charge on any atom is 0.339 e. The summed E-state index contributed by atoms with van der Waals surface area (Å²) in [6, 6.07) is 3.47. The first kappa shape index (κ1) is 13.6. The summed E-state index contributed by atoms with van der Waals surface area (Å²) in [5, 5.41) is 0. The van der Waals surface area contributed by atoms with Gasteiger partial charge in [-0.3, -0.25) is 4.98 Å². The Kier molecular flexibility index (Phi) is 5.63. The third-order valence-electron chi connectivity index (χ3n) is 2.34. The van der Waals surface area contributed by atoms with E-state index < -0.39 is 0 Å². The lowest BCUT2D eigenvalue weighted by Gasteiger charge is -2.06. The van der Waals surface area contributed by atoms with Crippen molar-refractivity contribution in [3.05, 3.63) is 29.6 Å². The zero-order valence-corrected chi connectivity index (χ0v) is 10.6. The van der Waals surface area contributed by atoms with Crippen molar-refractivity contribution in [2.24, 2.45) is 5.92 Å². The van der Waals surface area contributed by atoms with E-state index in [0.717, 1.165) is 18.7 Å². The first-order valence-corrected chi connectivity index (χ1v) is 5.74. The van der Waals surface area contributed by atoms with Crippen molar-refractivity contribution < 1.29 is 14.3 Å². The molecule has 0 unspecified atom stereocenters. The topological polar surface area (TPSA) is 48.4 Å². The van der Waals surface area contributed by atoms with Crippen molar-refractivity contribution >= 4 is 5.97 Å². The second-order valence-corrected chi connectivity index (χ2v) is 4.26. The molecule has 0 N–H and O–H groups in total. The molecule has 1 rings (SSSR count). The monoisotopic (exact) mass is 237 g/mol. The smallest absolute Gasteiger partial charge is 0.339 e. The zero-order chi connectivity index (χ0) is 12.7. The molecule has 0 aliphatic carbocycles. The Balaban J connectivity index is 2.38. The van der Waals surface area contributed by atoms with Crippen LogP contribution in [0, 0.1) is 5.92 Å². The van der Waals surface area contributed by atoms with Crippen LogP contribution in [0.1, 0.15) is 36.3 Å². The van der Waals surface area contributed by atoms with Gasteiger partial charge in [-0.25, -0.2) is 4.79 Å². The summed E-state index contributed by atoms with van der Waals surface area (Å²) in [6.07, 6.45) is 2.55.